The second-order valence-corrected chi connectivity index (χ2v) is 5.64. The van der Waals surface area contributed by atoms with E-state index in [9.17, 15) is 4.79 Å². The number of methoxy groups -OCH3 is 1. The summed E-state index contributed by atoms with van der Waals surface area (Å²) in [6.07, 6.45) is 3.70. The van der Waals surface area contributed by atoms with Crippen molar-refractivity contribution < 1.29 is 14.6 Å². The Balaban J connectivity index is 2.14. The number of likely N-dealkylation sites (tertiary alicyclic amines) is 1. The van der Waals surface area contributed by atoms with Crippen molar-refractivity contribution in [3.63, 3.8) is 0 Å². The lowest BCUT2D eigenvalue weighted by molar-refractivity contribution is 0.0696. The van der Waals surface area contributed by atoms with E-state index in [2.05, 4.69) is 11.8 Å². The first-order valence-corrected chi connectivity index (χ1v) is 7.22. The molecule has 0 radical (unpaired) electrons. The Labute approximate surface area is 120 Å². The van der Waals surface area contributed by atoms with E-state index < -0.39 is 5.97 Å². The Hall–Kier alpha value is -1.55. The minimum atomic E-state index is -0.890. The monoisotopic (exact) mass is 277 g/mol. The smallest absolute Gasteiger partial charge is 0.335 e. The SMILES string of the molecule is COc1ccc(C(=O)O)cc1CN1CCCC(C)CC1. The zero-order valence-electron chi connectivity index (χ0n) is 12.3. The molecule has 1 atom stereocenters. The largest absolute Gasteiger partial charge is 0.496 e. The number of aromatic carboxylic acids is 1. The number of carboxylic acids is 1. The predicted molar refractivity (Wildman–Crippen MR) is 78.2 cm³/mol. The molecule has 1 aliphatic heterocycles. The summed E-state index contributed by atoms with van der Waals surface area (Å²) in [7, 11) is 1.63. The maximum absolute atomic E-state index is 11.1. The lowest BCUT2D eigenvalue weighted by atomic mass is 10.0. The van der Waals surface area contributed by atoms with Crippen LogP contribution in [0.5, 0.6) is 5.75 Å². The van der Waals surface area contributed by atoms with E-state index in [4.69, 9.17) is 9.84 Å². The lowest BCUT2D eigenvalue weighted by Gasteiger charge is -2.21. The third kappa shape index (κ3) is 3.73. The molecule has 1 saturated heterocycles. The molecule has 0 aromatic heterocycles. The first-order chi connectivity index (χ1) is 9.60. The first kappa shape index (κ1) is 14.9. The standard InChI is InChI=1S/C16H23NO3/c1-12-4-3-8-17(9-7-12)11-14-10-13(16(18)19)5-6-15(14)20-2/h5-6,10,12H,3-4,7-9,11H2,1-2H3,(H,18,19). The summed E-state index contributed by atoms with van der Waals surface area (Å²) in [5, 5.41) is 9.10. The molecule has 2 rings (SSSR count). The summed E-state index contributed by atoms with van der Waals surface area (Å²) >= 11 is 0. The second kappa shape index (κ2) is 6.75. The molecule has 4 nitrogen and oxygen atoms in total. The van der Waals surface area contributed by atoms with Crippen molar-refractivity contribution in [3.8, 4) is 5.75 Å². The van der Waals surface area contributed by atoms with Gasteiger partial charge in [-0.05, 0) is 56.5 Å². The minimum Gasteiger partial charge on any atom is -0.496 e. The second-order valence-electron chi connectivity index (χ2n) is 5.64. The third-order valence-corrected chi connectivity index (χ3v) is 4.03. The van der Waals surface area contributed by atoms with E-state index in [0.717, 1.165) is 36.9 Å². The normalized spacial score (nSPS) is 20.4. The van der Waals surface area contributed by atoms with Crippen molar-refractivity contribution in [1.29, 1.82) is 0 Å². The Kier molecular flexibility index (Phi) is 5.01. The van der Waals surface area contributed by atoms with Gasteiger partial charge in [0.1, 0.15) is 5.75 Å². The number of benzene rings is 1. The minimum absolute atomic E-state index is 0.323. The van der Waals surface area contributed by atoms with Crippen LogP contribution in [-0.2, 0) is 6.54 Å². The maximum atomic E-state index is 11.1. The molecule has 0 saturated carbocycles. The first-order valence-electron chi connectivity index (χ1n) is 7.22. The molecule has 1 unspecified atom stereocenters. The molecule has 4 heteroatoms. The molecule has 110 valence electrons. The van der Waals surface area contributed by atoms with Gasteiger partial charge in [0.15, 0.2) is 0 Å². The summed E-state index contributed by atoms with van der Waals surface area (Å²) in [6.45, 7) is 5.21. The zero-order valence-corrected chi connectivity index (χ0v) is 12.3. The average Bonchev–Trinajstić information content (AvgIpc) is 2.63. The van der Waals surface area contributed by atoms with Gasteiger partial charge in [0.2, 0.25) is 0 Å². The quantitative estimate of drug-likeness (QED) is 0.919. The van der Waals surface area contributed by atoms with Crippen LogP contribution in [0.2, 0.25) is 0 Å². The molecule has 0 aliphatic carbocycles. The predicted octanol–water partition coefficient (Wildman–Crippen LogP) is 3.02. The van der Waals surface area contributed by atoms with Crippen LogP contribution >= 0.6 is 0 Å². The summed E-state index contributed by atoms with van der Waals surface area (Å²) in [6, 6.07) is 5.07. The number of nitrogens with zero attached hydrogens (tertiary/aromatic N) is 1. The van der Waals surface area contributed by atoms with Crippen molar-refractivity contribution in [2.75, 3.05) is 20.2 Å². The van der Waals surface area contributed by atoms with Crippen LogP contribution in [0, 0.1) is 5.92 Å². The molecule has 0 bridgehead atoms. The summed E-state index contributed by atoms with van der Waals surface area (Å²) < 4.78 is 5.35. The number of carbonyl (C=O) groups is 1. The number of carboxylic acid groups (broad SMARTS) is 1. The number of ether oxygens (including phenoxy) is 1. The van der Waals surface area contributed by atoms with Crippen LogP contribution in [0.15, 0.2) is 18.2 Å². The molecular formula is C16H23NO3. The zero-order chi connectivity index (χ0) is 14.5. The molecule has 0 amide bonds. The van der Waals surface area contributed by atoms with Crippen LogP contribution < -0.4 is 4.74 Å². The van der Waals surface area contributed by atoms with Crippen LogP contribution in [0.1, 0.15) is 42.1 Å². The highest BCUT2D eigenvalue weighted by Gasteiger charge is 2.16. The van der Waals surface area contributed by atoms with Gasteiger partial charge in [-0.3, -0.25) is 4.90 Å². The van der Waals surface area contributed by atoms with Crippen molar-refractivity contribution in [2.24, 2.45) is 5.92 Å². The van der Waals surface area contributed by atoms with Crippen molar-refractivity contribution in [2.45, 2.75) is 32.7 Å². The Morgan fingerprint density at radius 3 is 2.90 bits per heavy atom. The van der Waals surface area contributed by atoms with Gasteiger partial charge < -0.3 is 9.84 Å². The van der Waals surface area contributed by atoms with Crippen molar-refractivity contribution >= 4 is 5.97 Å². The fraction of sp³-hybridized carbons (Fsp3) is 0.562. The van der Waals surface area contributed by atoms with E-state index in [1.54, 1.807) is 25.3 Å². The molecule has 1 aromatic carbocycles. The molecule has 1 heterocycles. The van der Waals surface area contributed by atoms with Gasteiger partial charge in [-0.25, -0.2) is 4.79 Å². The molecule has 1 aliphatic rings. The van der Waals surface area contributed by atoms with Crippen molar-refractivity contribution in [1.82, 2.24) is 4.90 Å². The van der Waals surface area contributed by atoms with Gasteiger partial charge in [-0.1, -0.05) is 6.92 Å². The van der Waals surface area contributed by atoms with E-state index in [1.807, 2.05) is 0 Å². The van der Waals surface area contributed by atoms with Gasteiger partial charge in [0.05, 0.1) is 12.7 Å². The van der Waals surface area contributed by atoms with Gasteiger partial charge in [-0.15, -0.1) is 0 Å². The fourth-order valence-corrected chi connectivity index (χ4v) is 2.76. The molecular weight excluding hydrogens is 254 g/mol. The van der Waals surface area contributed by atoms with E-state index in [1.165, 1.54) is 19.3 Å². The number of hydrogen-bond acceptors (Lipinski definition) is 3. The summed E-state index contributed by atoms with van der Waals surface area (Å²) in [4.78, 5) is 13.5. The maximum Gasteiger partial charge on any atom is 0.335 e. The number of rotatable bonds is 4. The third-order valence-electron chi connectivity index (χ3n) is 4.03. The fourth-order valence-electron chi connectivity index (χ4n) is 2.76. The van der Waals surface area contributed by atoms with Gasteiger partial charge in [0.25, 0.3) is 0 Å². The van der Waals surface area contributed by atoms with Gasteiger partial charge in [-0.2, -0.15) is 0 Å². The molecule has 20 heavy (non-hydrogen) atoms. The lowest BCUT2D eigenvalue weighted by Crippen LogP contribution is -2.24. The van der Waals surface area contributed by atoms with E-state index in [0.29, 0.717) is 5.56 Å². The van der Waals surface area contributed by atoms with Crippen LogP contribution in [0.3, 0.4) is 0 Å². The van der Waals surface area contributed by atoms with Crippen LogP contribution in [0.4, 0.5) is 0 Å². The highest BCUT2D eigenvalue weighted by molar-refractivity contribution is 5.88. The van der Waals surface area contributed by atoms with Crippen LogP contribution in [-0.4, -0.2) is 36.2 Å². The summed E-state index contributed by atoms with van der Waals surface area (Å²) in [5.74, 6) is 0.665. The average molecular weight is 277 g/mol. The topological polar surface area (TPSA) is 49.8 Å². The van der Waals surface area contributed by atoms with E-state index >= 15 is 0 Å². The highest BCUT2D eigenvalue weighted by atomic mass is 16.5. The Bertz CT molecular complexity index is 473. The van der Waals surface area contributed by atoms with E-state index in [-0.39, 0.29) is 0 Å². The van der Waals surface area contributed by atoms with Gasteiger partial charge in [0, 0.05) is 12.1 Å². The molecule has 0 spiro atoms. The molecule has 1 N–H and O–H groups in total. The van der Waals surface area contributed by atoms with Gasteiger partial charge >= 0.3 is 5.97 Å². The van der Waals surface area contributed by atoms with Crippen molar-refractivity contribution in [3.05, 3.63) is 29.3 Å². The Morgan fingerprint density at radius 2 is 2.20 bits per heavy atom. The highest BCUT2D eigenvalue weighted by Crippen LogP contribution is 2.24. The molecule has 1 fully saturated rings. The Morgan fingerprint density at radius 1 is 1.40 bits per heavy atom. The number of hydrogen-bond donors (Lipinski definition) is 1. The van der Waals surface area contributed by atoms with Crippen LogP contribution in [0.25, 0.3) is 0 Å². The summed E-state index contributed by atoms with van der Waals surface area (Å²) in [5.41, 5.74) is 1.28. The molecule has 1 aromatic rings.